The molecular formula is C19H26N4O2S. The van der Waals surface area contributed by atoms with Gasteiger partial charge in [0.05, 0.1) is 12.0 Å². The van der Waals surface area contributed by atoms with Gasteiger partial charge in [-0.25, -0.2) is 0 Å². The van der Waals surface area contributed by atoms with Gasteiger partial charge in [-0.15, -0.1) is 11.3 Å². The average molecular weight is 375 g/mol. The maximum atomic E-state index is 11.9. The quantitative estimate of drug-likeness (QED) is 0.423. The number of carbonyl (C=O) groups excluding carboxylic acids is 1. The minimum atomic E-state index is -0.0130. The van der Waals surface area contributed by atoms with E-state index in [2.05, 4.69) is 20.5 Å². The van der Waals surface area contributed by atoms with Crippen LogP contribution in [0.3, 0.4) is 0 Å². The monoisotopic (exact) mass is 374 g/mol. The largest absolute Gasteiger partial charge is 0.497 e. The van der Waals surface area contributed by atoms with Crippen molar-refractivity contribution in [3.05, 3.63) is 52.2 Å². The number of thiophene rings is 1. The molecule has 0 aliphatic heterocycles. The van der Waals surface area contributed by atoms with Crippen LogP contribution in [-0.4, -0.2) is 51.1 Å². The highest BCUT2D eigenvalue weighted by atomic mass is 32.1. The van der Waals surface area contributed by atoms with Gasteiger partial charge in [-0.3, -0.25) is 9.79 Å². The molecule has 1 amide bonds. The standard InChI is InChI=1S/C19H26N4O2S/c1-20-19(23(2)14-15-7-9-16(25-3)10-8-15)22-12-5-11-21-18(24)17-6-4-13-26-17/h4,6-10,13H,5,11-12,14H2,1-3H3,(H,20,22)(H,21,24). The first-order valence-corrected chi connectivity index (χ1v) is 9.38. The maximum absolute atomic E-state index is 11.9. The molecule has 26 heavy (non-hydrogen) atoms. The summed E-state index contributed by atoms with van der Waals surface area (Å²) < 4.78 is 5.18. The second-order valence-corrected chi connectivity index (χ2v) is 6.71. The third kappa shape index (κ3) is 6.07. The summed E-state index contributed by atoms with van der Waals surface area (Å²) in [6, 6.07) is 11.7. The normalized spacial score (nSPS) is 11.1. The van der Waals surface area contributed by atoms with E-state index in [9.17, 15) is 4.79 Å². The summed E-state index contributed by atoms with van der Waals surface area (Å²) in [5.74, 6) is 1.66. The van der Waals surface area contributed by atoms with E-state index in [-0.39, 0.29) is 5.91 Å². The lowest BCUT2D eigenvalue weighted by Gasteiger charge is -2.22. The molecule has 1 heterocycles. The smallest absolute Gasteiger partial charge is 0.261 e. The zero-order chi connectivity index (χ0) is 18.8. The zero-order valence-electron chi connectivity index (χ0n) is 15.5. The van der Waals surface area contributed by atoms with Crippen LogP contribution in [0.2, 0.25) is 0 Å². The van der Waals surface area contributed by atoms with Crippen molar-refractivity contribution in [2.75, 3.05) is 34.3 Å². The average Bonchev–Trinajstić information content (AvgIpc) is 3.20. The van der Waals surface area contributed by atoms with Gasteiger partial charge in [-0.05, 0) is 35.6 Å². The second-order valence-electron chi connectivity index (χ2n) is 5.76. The number of rotatable bonds is 8. The van der Waals surface area contributed by atoms with Crippen molar-refractivity contribution < 1.29 is 9.53 Å². The Balaban J connectivity index is 1.70. The molecule has 0 aliphatic rings. The molecule has 0 atom stereocenters. The van der Waals surface area contributed by atoms with Crippen LogP contribution < -0.4 is 15.4 Å². The van der Waals surface area contributed by atoms with Crippen molar-refractivity contribution in [1.82, 2.24) is 15.5 Å². The molecule has 0 fully saturated rings. The van der Waals surface area contributed by atoms with Crippen molar-refractivity contribution >= 4 is 23.2 Å². The first kappa shape index (κ1) is 19.8. The molecule has 1 aromatic carbocycles. The topological polar surface area (TPSA) is 66.0 Å². The molecule has 6 nitrogen and oxygen atoms in total. The Bertz CT molecular complexity index is 699. The zero-order valence-corrected chi connectivity index (χ0v) is 16.3. The van der Waals surface area contributed by atoms with Crippen molar-refractivity contribution in [2.45, 2.75) is 13.0 Å². The van der Waals surface area contributed by atoms with Crippen LogP contribution in [0.4, 0.5) is 0 Å². The second kappa shape index (κ2) is 10.5. The summed E-state index contributed by atoms with van der Waals surface area (Å²) in [6.45, 7) is 2.12. The molecule has 140 valence electrons. The minimum absolute atomic E-state index is 0.0130. The predicted octanol–water partition coefficient (Wildman–Crippen LogP) is 2.58. The summed E-state index contributed by atoms with van der Waals surface area (Å²) in [7, 11) is 5.43. The molecular weight excluding hydrogens is 348 g/mol. The third-order valence-electron chi connectivity index (χ3n) is 3.82. The predicted molar refractivity (Wildman–Crippen MR) is 107 cm³/mol. The number of hydrogen-bond acceptors (Lipinski definition) is 4. The van der Waals surface area contributed by atoms with Gasteiger partial charge in [0.25, 0.3) is 5.91 Å². The number of aliphatic imine (C=N–C) groups is 1. The van der Waals surface area contributed by atoms with Gasteiger partial charge >= 0.3 is 0 Å². The van der Waals surface area contributed by atoms with Gasteiger partial charge in [0.2, 0.25) is 0 Å². The van der Waals surface area contributed by atoms with Crippen LogP contribution in [0, 0.1) is 0 Å². The highest BCUT2D eigenvalue weighted by Crippen LogP contribution is 2.12. The van der Waals surface area contributed by atoms with E-state index in [1.807, 2.05) is 48.8 Å². The van der Waals surface area contributed by atoms with Crippen LogP contribution in [0.15, 0.2) is 46.8 Å². The summed E-state index contributed by atoms with van der Waals surface area (Å²) in [6.07, 6.45) is 0.826. The number of guanidine groups is 1. The third-order valence-corrected chi connectivity index (χ3v) is 4.69. The number of ether oxygens (including phenoxy) is 1. The molecule has 2 rings (SSSR count). The lowest BCUT2D eigenvalue weighted by molar-refractivity contribution is 0.0957. The fourth-order valence-electron chi connectivity index (χ4n) is 2.45. The molecule has 2 aromatic rings. The molecule has 0 spiro atoms. The summed E-state index contributed by atoms with van der Waals surface area (Å²) in [5, 5.41) is 8.15. The summed E-state index contributed by atoms with van der Waals surface area (Å²) in [4.78, 5) is 19.0. The number of nitrogens with one attached hydrogen (secondary N) is 2. The molecule has 1 aromatic heterocycles. The number of benzene rings is 1. The van der Waals surface area contributed by atoms with E-state index < -0.39 is 0 Å². The molecule has 0 unspecified atom stereocenters. The molecule has 7 heteroatoms. The van der Waals surface area contributed by atoms with E-state index in [4.69, 9.17) is 4.74 Å². The van der Waals surface area contributed by atoms with Crippen LogP contribution in [0.1, 0.15) is 21.7 Å². The van der Waals surface area contributed by atoms with E-state index in [0.717, 1.165) is 36.1 Å². The van der Waals surface area contributed by atoms with Gasteiger partial charge in [0, 0.05) is 33.7 Å². The van der Waals surface area contributed by atoms with Crippen molar-refractivity contribution in [2.24, 2.45) is 4.99 Å². The summed E-state index contributed by atoms with van der Waals surface area (Å²) in [5.41, 5.74) is 1.18. The Morgan fingerprint density at radius 1 is 1.19 bits per heavy atom. The van der Waals surface area contributed by atoms with Crippen LogP contribution in [0.5, 0.6) is 5.75 Å². The van der Waals surface area contributed by atoms with Crippen molar-refractivity contribution in [3.63, 3.8) is 0 Å². The van der Waals surface area contributed by atoms with Gasteiger partial charge in [-0.2, -0.15) is 0 Å². The highest BCUT2D eigenvalue weighted by Gasteiger charge is 2.07. The Kier molecular flexibility index (Phi) is 7.95. The van der Waals surface area contributed by atoms with E-state index >= 15 is 0 Å². The first-order valence-electron chi connectivity index (χ1n) is 8.50. The van der Waals surface area contributed by atoms with Crippen LogP contribution in [-0.2, 0) is 6.54 Å². The highest BCUT2D eigenvalue weighted by molar-refractivity contribution is 7.12. The molecule has 2 N–H and O–H groups in total. The van der Waals surface area contributed by atoms with Crippen LogP contribution >= 0.6 is 11.3 Å². The van der Waals surface area contributed by atoms with Gasteiger partial charge < -0.3 is 20.3 Å². The SMILES string of the molecule is CN=C(NCCCNC(=O)c1cccs1)N(C)Cc1ccc(OC)cc1. The molecule has 0 saturated heterocycles. The Labute approximate surface area is 158 Å². The van der Waals surface area contributed by atoms with Gasteiger partial charge in [0.1, 0.15) is 5.75 Å². The van der Waals surface area contributed by atoms with Crippen molar-refractivity contribution in [3.8, 4) is 5.75 Å². The maximum Gasteiger partial charge on any atom is 0.261 e. The lowest BCUT2D eigenvalue weighted by atomic mass is 10.2. The fourth-order valence-corrected chi connectivity index (χ4v) is 3.09. The Morgan fingerprint density at radius 2 is 1.92 bits per heavy atom. The number of carbonyl (C=O) groups is 1. The number of nitrogens with zero attached hydrogens (tertiary/aromatic N) is 2. The Morgan fingerprint density at radius 3 is 2.54 bits per heavy atom. The fraction of sp³-hybridized carbons (Fsp3) is 0.368. The first-order chi connectivity index (χ1) is 12.6. The van der Waals surface area contributed by atoms with E-state index in [0.29, 0.717) is 6.54 Å². The van der Waals surface area contributed by atoms with E-state index in [1.165, 1.54) is 16.9 Å². The molecule has 0 aliphatic carbocycles. The number of amides is 1. The lowest BCUT2D eigenvalue weighted by Crippen LogP contribution is -2.39. The molecule has 0 radical (unpaired) electrons. The van der Waals surface area contributed by atoms with Crippen molar-refractivity contribution in [1.29, 1.82) is 0 Å². The van der Waals surface area contributed by atoms with Crippen LogP contribution in [0.25, 0.3) is 0 Å². The number of hydrogen-bond donors (Lipinski definition) is 2. The van der Waals surface area contributed by atoms with Gasteiger partial charge in [0.15, 0.2) is 5.96 Å². The molecule has 0 bridgehead atoms. The minimum Gasteiger partial charge on any atom is -0.497 e. The van der Waals surface area contributed by atoms with E-state index in [1.54, 1.807) is 14.2 Å². The van der Waals surface area contributed by atoms with Gasteiger partial charge in [-0.1, -0.05) is 18.2 Å². The Hall–Kier alpha value is -2.54. The molecule has 0 saturated carbocycles. The number of methoxy groups -OCH3 is 1. The summed E-state index contributed by atoms with van der Waals surface area (Å²) >= 11 is 1.45.